The van der Waals surface area contributed by atoms with E-state index in [4.69, 9.17) is 4.74 Å². The summed E-state index contributed by atoms with van der Waals surface area (Å²) in [5.74, 6) is -1.05. The van der Waals surface area contributed by atoms with Gasteiger partial charge in [0.15, 0.2) is 0 Å². The van der Waals surface area contributed by atoms with E-state index in [0.717, 1.165) is 10.0 Å². The second kappa shape index (κ2) is 6.68. The van der Waals surface area contributed by atoms with Gasteiger partial charge in [0.05, 0.1) is 7.11 Å². The highest BCUT2D eigenvalue weighted by Gasteiger charge is 2.19. The van der Waals surface area contributed by atoms with Crippen LogP contribution in [0, 0.1) is 11.6 Å². The van der Waals surface area contributed by atoms with Crippen LogP contribution in [-0.2, 0) is 6.42 Å². The van der Waals surface area contributed by atoms with Crippen LogP contribution in [0.15, 0.2) is 40.9 Å². The first-order valence-electron chi connectivity index (χ1n) is 5.92. The highest BCUT2D eigenvalue weighted by atomic mass is 79.9. The highest BCUT2D eigenvalue weighted by molar-refractivity contribution is 9.10. The quantitative estimate of drug-likeness (QED) is 0.617. The summed E-state index contributed by atoms with van der Waals surface area (Å²) in [6.07, 6.45) is 0.494. The van der Waals surface area contributed by atoms with Crippen molar-refractivity contribution in [1.82, 2.24) is 0 Å². The second-order valence-corrected chi connectivity index (χ2v) is 6.32. The SMILES string of the molecule is COc1cc(F)c(C(Br)Cc2ccc(Br)cc2)c(F)c1. The molecule has 1 unspecified atom stereocenters. The molecule has 106 valence electrons. The number of halogens is 4. The molecular formula is C15H12Br2F2O. The maximum Gasteiger partial charge on any atom is 0.134 e. The molecule has 1 atom stereocenters. The van der Waals surface area contributed by atoms with Crippen LogP contribution in [0.4, 0.5) is 8.78 Å². The molecule has 0 radical (unpaired) electrons. The fourth-order valence-corrected chi connectivity index (χ4v) is 2.98. The minimum atomic E-state index is -0.610. The third kappa shape index (κ3) is 3.58. The Kier molecular flexibility index (Phi) is 5.16. The number of hydrogen-bond acceptors (Lipinski definition) is 1. The van der Waals surface area contributed by atoms with Crippen LogP contribution in [0.25, 0.3) is 0 Å². The van der Waals surface area contributed by atoms with Crippen molar-refractivity contribution in [2.24, 2.45) is 0 Å². The first kappa shape index (κ1) is 15.4. The van der Waals surface area contributed by atoms with Crippen LogP contribution >= 0.6 is 31.9 Å². The Morgan fingerprint density at radius 1 is 1.10 bits per heavy atom. The van der Waals surface area contributed by atoms with Crippen molar-refractivity contribution in [1.29, 1.82) is 0 Å². The van der Waals surface area contributed by atoms with E-state index in [9.17, 15) is 8.78 Å². The third-order valence-electron chi connectivity index (χ3n) is 2.93. The predicted molar refractivity (Wildman–Crippen MR) is 82.4 cm³/mol. The normalized spacial score (nSPS) is 12.2. The molecule has 1 nitrogen and oxygen atoms in total. The monoisotopic (exact) mass is 404 g/mol. The summed E-state index contributed by atoms with van der Waals surface area (Å²) in [4.78, 5) is -0.436. The molecule has 0 aliphatic heterocycles. The maximum absolute atomic E-state index is 14.0. The standard InChI is InChI=1S/C15H12Br2F2O/c1-20-11-7-13(18)15(14(19)8-11)12(17)6-9-2-4-10(16)5-3-9/h2-5,7-8,12H,6H2,1H3. The first-order chi connectivity index (χ1) is 9.51. The Bertz CT molecular complexity index is 576. The van der Waals surface area contributed by atoms with E-state index < -0.39 is 16.5 Å². The Hall–Kier alpha value is -0.940. The van der Waals surface area contributed by atoms with Crippen LogP contribution in [0.5, 0.6) is 5.75 Å². The minimum Gasteiger partial charge on any atom is -0.497 e. The van der Waals surface area contributed by atoms with E-state index >= 15 is 0 Å². The van der Waals surface area contributed by atoms with Crippen LogP contribution < -0.4 is 4.74 Å². The van der Waals surface area contributed by atoms with Gasteiger partial charge in [0.2, 0.25) is 0 Å². The zero-order valence-electron chi connectivity index (χ0n) is 10.7. The Balaban J connectivity index is 2.25. The molecule has 0 spiro atoms. The Morgan fingerprint density at radius 2 is 1.65 bits per heavy atom. The molecule has 0 amide bonds. The van der Waals surface area contributed by atoms with E-state index in [2.05, 4.69) is 31.9 Å². The molecule has 0 fully saturated rings. The largest absolute Gasteiger partial charge is 0.497 e. The maximum atomic E-state index is 14.0. The molecule has 20 heavy (non-hydrogen) atoms. The van der Waals surface area contributed by atoms with Crippen molar-refractivity contribution >= 4 is 31.9 Å². The zero-order valence-corrected chi connectivity index (χ0v) is 13.8. The Labute approximate surface area is 133 Å². The average Bonchev–Trinajstić information content (AvgIpc) is 2.40. The van der Waals surface area contributed by atoms with E-state index in [1.54, 1.807) is 0 Å². The number of rotatable bonds is 4. The molecule has 2 rings (SSSR count). The van der Waals surface area contributed by atoms with Gasteiger partial charge in [0, 0.05) is 27.0 Å². The molecular weight excluding hydrogens is 394 g/mol. The number of ether oxygens (including phenoxy) is 1. The van der Waals surface area contributed by atoms with Gasteiger partial charge in [-0.05, 0) is 24.1 Å². The molecule has 0 aliphatic carbocycles. The van der Waals surface area contributed by atoms with Crippen LogP contribution in [0.3, 0.4) is 0 Å². The summed E-state index contributed by atoms with van der Waals surface area (Å²) in [6, 6.07) is 10.0. The van der Waals surface area contributed by atoms with Crippen LogP contribution in [0.1, 0.15) is 16.0 Å². The summed E-state index contributed by atoms with van der Waals surface area (Å²) in [6.45, 7) is 0. The summed E-state index contributed by atoms with van der Waals surface area (Å²) in [7, 11) is 1.38. The summed E-state index contributed by atoms with van der Waals surface area (Å²) in [5.41, 5.74) is 1.01. The predicted octanol–water partition coefficient (Wildman–Crippen LogP) is 5.41. The fourth-order valence-electron chi connectivity index (χ4n) is 1.91. The molecule has 2 aromatic carbocycles. The molecule has 0 aromatic heterocycles. The molecule has 0 heterocycles. The molecule has 0 saturated heterocycles. The molecule has 0 saturated carbocycles. The van der Waals surface area contributed by atoms with Gasteiger partial charge in [0.1, 0.15) is 17.4 Å². The summed E-state index contributed by atoms with van der Waals surface area (Å²) < 4.78 is 33.7. The number of benzene rings is 2. The molecule has 0 bridgehead atoms. The van der Waals surface area contributed by atoms with Gasteiger partial charge >= 0.3 is 0 Å². The topological polar surface area (TPSA) is 9.23 Å². The van der Waals surface area contributed by atoms with Gasteiger partial charge in [-0.25, -0.2) is 8.78 Å². The number of hydrogen-bond donors (Lipinski definition) is 0. The Morgan fingerprint density at radius 3 is 2.15 bits per heavy atom. The second-order valence-electron chi connectivity index (χ2n) is 4.30. The van der Waals surface area contributed by atoms with Crippen molar-refractivity contribution in [3.63, 3.8) is 0 Å². The summed E-state index contributed by atoms with van der Waals surface area (Å²) in [5, 5.41) is 0. The fraction of sp³-hybridized carbons (Fsp3) is 0.200. The molecule has 5 heteroatoms. The van der Waals surface area contributed by atoms with Gasteiger partial charge in [-0.2, -0.15) is 0 Å². The molecule has 2 aromatic rings. The van der Waals surface area contributed by atoms with Gasteiger partial charge in [0.25, 0.3) is 0 Å². The zero-order chi connectivity index (χ0) is 14.7. The molecule has 0 aliphatic rings. The highest BCUT2D eigenvalue weighted by Crippen LogP contribution is 2.33. The number of methoxy groups -OCH3 is 1. The smallest absolute Gasteiger partial charge is 0.134 e. The van der Waals surface area contributed by atoms with Crippen LogP contribution in [-0.4, -0.2) is 7.11 Å². The van der Waals surface area contributed by atoms with Crippen molar-refractivity contribution in [2.75, 3.05) is 7.11 Å². The lowest BCUT2D eigenvalue weighted by Gasteiger charge is -2.13. The van der Waals surface area contributed by atoms with Crippen molar-refractivity contribution in [3.05, 3.63) is 63.6 Å². The van der Waals surface area contributed by atoms with Crippen molar-refractivity contribution in [2.45, 2.75) is 11.2 Å². The van der Waals surface area contributed by atoms with Gasteiger partial charge in [-0.1, -0.05) is 44.0 Å². The molecule has 0 N–H and O–H groups in total. The van der Waals surface area contributed by atoms with Gasteiger partial charge < -0.3 is 4.74 Å². The van der Waals surface area contributed by atoms with Crippen molar-refractivity contribution in [3.8, 4) is 5.75 Å². The van der Waals surface area contributed by atoms with Crippen molar-refractivity contribution < 1.29 is 13.5 Å². The average molecular weight is 406 g/mol. The lowest BCUT2D eigenvalue weighted by Crippen LogP contribution is -2.03. The van der Waals surface area contributed by atoms with E-state index in [1.165, 1.54) is 19.2 Å². The summed E-state index contributed by atoms with van der Waals surface area (Å²) >= 11 is 6.71. The van der Waals surface area contributed by atoms with Gasteiger partial charge in [-0.3, -0.25) is 0 Å². The van der Waals surface area contributed by atoms with Crippen LogP contribution in [0.2, 0.25) is 0 Å². The number of alkyl halides is 1. The lowest BCUT2D eigenvalue weighted by atomic mass is 10.0. The van der Waals surface area contributed by atoms with E-state index in [0.29, 0.717) is 6.42 Å². The van der Waals surface area contributed by atoms with Gasteiger partial charge in [-0.15, -0.1) is 0 Å². The lowest BCUT2D eigenvalue weighted by molar-refractivity contribution is 0.405. The van der Waals surface area contributed by atoms with E-state index in [1.807, 2.05) is 24.3 Å². The van der Waals surface area contributed by atoms with E-state index in [-0.39, 0.29) is 11.3 Å². The first-order valence-corrected chi connectivity index (χ1v) is 7.63. The third-order valence-corrected chi connectivity index (χ3v) is 4.24. The minimum absolute atomic E-state index is 0.0220.